The lowest BCUT2D eigenvalue weighted by atomic mass is 9.97. The number of aryl methyl sites for hydroxylation is 1. The van der Waals surface area contributed by atoms with Crippen LogP contribution in [0.3, 0.4) is 0 Å². The van der Waals surface area contributed by atoms with Gasteiger partial charge in [-0.3, -0.25) is 0 Å². The molecule has 3 saturated heterocycles. The molecule has 0 spiro atoms. The molecule has 0 unspecified atom stereocenters. The molecule has 3 nitrogen and oxygen atoms in total. The Balaban J connectivity index is 1.18. The van der Waals surface area contributed by atoms with E-state index in [-0.39, 0.29) is 0 Å². The number of rotatable bonds is 4. The van der Waals surface area contributed by atoms with E-state index in [2.05, 4.69) is 58.1 Å². The maximum Gasteiger partial charge on any atom is 0.0366 e. The van der Waals surface area contributed by atoms with Crippen LogP contribution in [0, 0.1) is 6.92 Å². The Bertz CT molecular complexity index is 539. The minimum absolute atomic E-state index is 0.722. The highest BCUT2D eigenvalue weighted by molar-refractivity contribution is 7.99. The summed E-state index contributed by atoms with van der Waals surface area (Å²) < 4.78 is 0. The fraction of sp³-hybridized carbons (Fsp3) is 0.727. The molecule has 26 heavy (non-hydrogen) atoms. The van der Waals surface area contributed by atoms with Gasteiger partial charge in [-0.25, -0.2) is 0 Å². The van der Waals surface area contributed by atoms with Gasteiger partial charge in [-0.2, -0.15) is 11.8 Å². The highest BCUT2D eigenvalue weighted by Crippen LogP contribution is 2.26. The third-order valence-corrected chi connectivity index (χ3v) is 7.65. The fourth-order valence-electron chi connectivity index (χ4n) is 4.87. The van der Waals surface area contributed by atoms with Gasteiger partial charge in [0, 0.05) is 36.9 Å². The lowest BCUT2D eigenvalue weighted by Gasteiger charge is -2.41. The number of hydrogen-bond donors (Lipinski definition) is 1. The topological polar surface area (TPSA) is 18.5 Å². The van der Waals surface area contributed by atoms with E-state index >= 15 is 0 Å². The molecule has 0 aromatic heterocycles. The second-order valence-corrected chi connectivity index (χ2v) is 9.64. The lowest BCUT2D eigenvalue weighted by molar-refractivity contribution is 0.130. The van der Waals surface area contributed by atoms with Crippen molar-refractivity contribution in [3.8, 4) is 0 Å². The van der Waals surface area contributed by atoms with Crippen LogP contribution in [0.5, 0.6) is 0 Å². The molecule has 0 aliphatic carbocycles. The molecule has 3 aliphatic rings. The summed E-state index contributed by atoms with van der Waals surface area (Å²) in [5.41, 5.74) is 2.75. The van der Waals surface area contributed by atoms with Gasteiger partial charge in [0.1, 0.15) is 0 Å². The molecule has 3 heterocycles. The van der Waals surface area contributed by atoms with Gasteiger partial charge >= 0.3 is 0 Å². The van der Waals surface area contributed by atoms with E-state index in [1.54, 1.807) is 0 Å². The Kier molecular flexibility index (Phi) is 6.44. The predicted octanol–water partition coefficient (Wildman–Crippen LogP) is 3.91. The van der Waals surface area contributed by atoms with Crippen LogP contribution in [-0.4, -0.2) is 60.7 Å². The smallest absolute Gasteiger partial charge is 0.0366 e. The number of nitrogens with one attached hydrogen (secondary N) is 1. The molecular weight excluding hydrogens is 338 g/mol. The Hall–Kier alpha value is -0.710. The molecule has 4 rings (SSSR count). The molecule has 3 fully saturated rings. The van der Waals surface area contributed by atoms with Crippen LogP contribution in [0.15, 0.2) is 24.3 Å². The van der Waals surface area contributed by atoms with Gasteiger partial charge in [-0.1, -0.05) is 17.7 Å². The monoisotopic (exact) mass is 373 g/mol. The largest absolute Gasteiger partial charge is 0.371 e. The summed E-state index contributed by atoms with van der Waals surface area (Å²) >= 11 is 2.14. The zero-order chi connectivity index (χ0) is 17.8. The second kappa shape index (κ2) is 8.99. The molecule has 0 radical (unpaired) electrons. The van der Waals surface area contributed by atoms with Crippen LogP contribution < -0.4 is 10.2 Å². The number of benzene rings is 1. The fourth-order valence-corrected chi connectivity index (χ4v) is 5.96. The Labute approximate surface area is 163 Å². The molecule has 0 saturated carbocycles. The van der Waals surface area contributed by atoms with E-state index in [1.807, 2.05) is 0 Å². The van der Waals surface area contributed by atoms with Crippen LogP contribution in [-0.2, 0) is 0 Å². The van der Waals surface area contributed by atoms with Crippen LogP contribution >= 0.6 is 11.8 Å². The van der Waals surface area contributed by atoms with E-state index in [9.17, 15) is 0 Å². The third-order valence-electron chi connectivity index (χ3n) is 6.60. The molecule has 0 amide bonds. The Morgan fingerprint density at radius 2 is 1.38 bits per heavy atom. The van der Waals surface area contributed by atoms with Crippen LogP contribution in [0.4, 0.5) is 5.69 Å². The summed E-state index contributed by atoms with van der Waals surface area (Å²) in [6, 6.07) is 11.4. The number of hydrogen-bond acceptors (Lipinski definition) is 4. The van der Waals surface area contributed by atoms with E-state index in [1.165, 1.54) is 87.5 Å². The van der Waals surface area contributed by atoms with Crippen molar-refractivity contribution in [3.63, 3.8) is 0 Å². The minimum atomic E-state index is 0.722. The second-order valence-electron chi connectivity index (χ2n) is 8.42. The molecule has 0 bridgehead atoms. The number of thioether (sulfide) groups is 1. The molecule has 1 N–H and O–H groups in total. The van der Waals surface area contributed by atoms with Crippen molar-refractivity contribution in [2.24, 2.45) is 0 Å². The van der Waals surface area contributed by atoms with E-state index < -0.39 is 0 Å². The van der Waals surface area contributed by atoms with Crippen molar-refractivity contribution in [3.05, 3.63) is 29.8 Å². The first kappa shape index (κ1) is 18.6. The predicted molar refractivity (Wildman–Crippen MR) is 114 cm³/mol. The molecule has 0 atom stereocenters. The van der Waals surface area contributed by atoms with Gasteiger partial charge in [-0.05, 0) is 82.2 Å². The molecule has 4 heteroatoms. The van der Waals surface area contributed by atoms with Gasteiger partial charge in [-0.15, -0.1) is 0 Å². The van der Waals surface area contributed by atoms with Gasteiger partial charge < -0.3 is 15.1 Å². The molecule has 1 aromatic carbocycles. The zero-order valence-electron chi connectivity index (χ0n) is 16.3. The first-order chi connectivity index (χ1) is 12.8. The van der Waals surface area contributed by atoms with Crippen molar-refractivity contribution >= 4 is 17.4 Å². The summed E-state index contributed by atoms with van der Waals surface area (Å²) in [4.78, 5) is 5.35. The SMILES string of the molecule is Cc1ccc(N2CCC(NC3CCN(C4CCSCC4)CC3)CC2)cc1. The lowest BCUT2D eigenvalue weighted by Crippen LogP contribution is -2.51. The summed E-state index contributed by atoms with van der Waals surface area (Å²) in [6.45, 7) is 7.18. The van der Waals surface area contributed by atoms with E-state index in [0.29, 0.717) is 0 Å². The van der Waals surface area contributed by atoms with E-state index in [0.717, 1.165) is 18.1 Å². The maximum absolute atomic E-state index is 4.00. The summed E-state index contributed by atoms with van der Waals surface area (Å²) in [7, 11) is 0. The van der Waals surface area contributed by atoms with Gasteiger partial charge in [0.2, 0.25) is 0 Å². The summed E-state index contributed by atoms with van der Waals surface area (Å²) in [5, 5.41) is 4.00. The molecule has 144 valence electrons. The van der Waals surface area contributed by atoms with Gasteiger partial charge in [0.05, 0.1) is 0 Å². The number of anilines is 1. The number of piperidine rings is 2. The average molecular weight is 374 g/mol. The maximum atomic E-state index is 4.00. The van der Waals surface area contributed by atoms with Crippen molar-refractivity contribution in [2.75, 3.05) is 42.6 Å². The first-order valence-corrected chi connectivity index (χ1v) is 11.8. The van der Waals surface area contributed by atoms with Crippen molar-refractivity contribution in [1.82, 2.24) is 10.2 Å². The quantitative estimate of drug-likeness (QED) is 0.862. The molecule has 1 aromatic rings. The zero-order valence-corrected chi connectivity index (χ0v) is 17.1. The highest BCUT2D eigenvalue weighted by Gasteiger charge is 2.28. The number of nitrogens with zero attached hydrogens (tertiary/aromatic N) is 2. The Morgan fingerprint density at radius 1 is 0.808 bits per heavy atom. The normalized spacial score (nSPS) is 24.9. The standard InChI is InChI=1S/C22H35N3S/c1-18-2-4-21(5-3-18)24-12-6-19(7-13-24)23-20-8-14-25(15-9-20)22-10-16-26-17-11-22/h2-5,19-20,22-23H,6-17H2,1H3. The molecule has 3 aliphatic heterocycles. The average Bonchev–Trinajstić information content (AvgIpc) is 2.71. The van der Waals surface area contributed by atoms with Gasteiger partial charge in [0.25, 0.3) is 0 Å². The van der Waals surface area contributed by atoms with Crippen LogP contribution in [0.1, 0.15) is 44.1 Å². The van der Waals surface area contributed by atoms with Crippen LogP contribution in [0.2, 0.25) is 0 Å². The molecular formula is C22H35N3S. The van der Waals surface area contributed by atoms with Crippen LogP contribution in [0.25, 0.3) is 0 Å². The van der Waals surface area contributed by atoms with E-state index in [4.69, 9.17) is 0 Å². The Morgan fingerprint density at radius 3 is 2.00 bits per heavy atom. The summed E-state index contributed by atoms with van der Waals surface area (Å²) in [5.74, 6) is 2.75. The van der Waals surface area contributed by atoms with Crippen molar-refractivity contribution in [1.29, 1.82) is 0 Å². The first-order valence-electron chi connectivity index (χ1n) is 10.7. The highest BCUT2D eigenvalue weighted by atomic mass is 32.2. The minimum Gasteiger partial charge on any atom is -0.371 e. The van der Waals surface area contributed by atoms with Crippen molar-refractivity contribution < 1.29 is 0 Å². The van der Waals surface area contributed by atoms with Gasteiger partial charge in [0.15, 0.2) is 0 Å². The third kappa shape index (κ3) is 4.76. The van der Waals surface area contributed by atoms with Crippen molar-refractivity contribution in [2.45, 2.75) is 63.6 Å². The summed E-state index contributed by atoms with van der Waals surface area (Å²) in [6.07, 6.45) is 8.10. The number of likely N-dealkylation sites (tertiary alicyclic amines) is 1.